The molecule has 1 unspecified atom stereocenters. The minimum atomic E-state index is -0.893. The second kappa shape index (κ2) is 7.79. The zero-order valence-corrected chi connectivity index (χ0v) is 18.5. The van der Waals surface area contributed by atoms with Crippen molar-refractivity contribution < 1.29 is 23.7 Å². The predicted molar refractivity (Wildman–Crippen MR) is 121 cm³/mol. The summed E-state index contributed by atoms with van der Waals surface area (Å²) in [5.41, 5.74) is 5.23. The molecule has 10 nitrogen and oxygen atoms in total. The van der Waals surface area contributed by atoms with E-state index in [0.29, 0.717) is 52.4 Å². The molecule has 34 heavy (non-hydrogen) atoms. The number of rotatable bonds is 6. The van der Waals surface area contributed by atoms with Gasteiger partial charge in [-0.2, -0.15) is 5.10 Å². The number of carbonyl (C=O) groups is 1. The lowest BCUT2D eigenvalue weighted by atomic mass is 9.95. The van der Waals surface area contributed by atoms with E-state index in [1.165, 1.54) is 14.2 Å². The van der Waals surface area contributed by atoms with Gasteiger partial charge in [0.1, 0.15) is 6.10 Å². The van der Waals surface area contributed by atoms with Crippen LogP contribution in [0.4, 0.5) is 0 Å². The molecule has 0 amide bonds. The number of benzene rings is 1. The molecule has 10 heteroatoms. The van der Waals surface area contributed by atoms with Crippen LogP contribution in [0, 0.1) is 0 Å². The fourth-order valence-corrected chi connectivity index (χ4v) is 4.79. The first-order valence-corrected chi connectivity index (χ1v) is 10.6. The number of aromatic amines is 1. The van der Waals surface area contributed by atoms with Gasteiger partial charge in [-0.3, -0.25) is 9.89 Å². The molecule has 6 rings (SSSR count). The van der Waals surface area contributed by atoms with Gasteiger partial charge in [0.05, 0.1) is 36.3 Å². The number of pyridine rings is 2. The third-order valence-electron chi connectivity index (χ3n) is 6.33. The second-order valence-corrected chi connectivity index (χ2v) is 8.10. The molecule has 0 saturated carbocycles. The number of nitrogens with zero attached hydrogens (tertiary/aromatic N) is 3. The maximum Gasteiger partial charge on any atom is 0.257 e. The molecule has 5 heterocycles. The lowest BCUT2D eigenvalue weighted by Gasteiger charge is -2.16. The largest absolute Gasteiger partial charge is 0.454 e. The lowest BCUT2D eigenvalue weighted by Crippen LogP contribution is -2.26. The second-order valence-electron chi connectivity index (χ2n) is 8.10. The van der Waals surface area contributed by atoms with Gasteiger partial charge in [0.15, 0.2) is 17.8 Å². The summed E-state index contributed by atoms with van der Waals surface area (Å²) in [5.74, 6) is 1.26. The van der Waals surface area contributed by atoms with Crippen LogP contribution < -0.4 is 15.0 Å². The van der Waals surface area contributed by atoms with Gasteiger partial charge in [-0.1, -0.05) is 0 Å². The number of H-pyrrole nitrogens is 1. The minimum Gasteiger partial charge on any atom is -0.454 e. The maximum absolute atomic E-state index is 13.6. The number of ether oxygens (including phenoxy) is 4. The summed E-state index contributed by atoms with van der Waals surface area (Å²) in [6.07, 6.45) is 3.32. The Bertz CT molecular complexity index is 1510. The summed E-state index contributed by atoms with van der Waals surface area (Å²) in [7, 11) is 2.94. The zero-order chi connectivity index (χ0) is 23.4. The molecular formula is C24H20N4O6. The van der Waals surface area contributed by atoms with Crippen LogP contribution in [0.5, 0.6) is 11.5 Å². The number of fused-ring (bicyclic) bond motifs is 5. The Morgan fingerprint density at radius 2 is 2.06 bits per heavy atom. The number of hydrogen-bond acceptors (Lipinski definition) is 8. The van der Waals surface area contributed by atoms with E-state index in [-0.39, 0.29) is 19.0 Å². The van der Waals surface area contributed by atoms with Crippen LogP contribution in [0.2, 0.25) is 0 Å². The van der Waals surface area contributed by atoms with Gasteiger partial charge >= 0.3 is 0 Å². The summed E-state index contributed by atoms with van der Waals surface area (Å²) in [4.78, 5) is 30.2. The van der Waals surface area contributed by atoms with Crippen molar-refractivity contribution in [2.45, 2.75) is 19.3 Å². The molecule has 0 radical (unpaired) electrons. The van der Waals surface area contributed by atoms with Crippen molar-refractivity contribution in [3.05, 3.63) is 57.6 Å². The molecule has 0 saturated heterocycles. The number of methoxy groups -OCH3 is 2. The maximum atomic E-state index is 13.6. The Balaban J connectivity index is 1.67. The molecule has 1 aromatic carbocycles. The fraction of sp³-hybridized carbons (Fsp3) is 0.250. The molecule has 2 aliphatic heterocycles. The monoisotopic (exact) mass is 460 g/mol. The van der Waals surface area contributed by atoms with Crippen molar-refractivity contribution in [1.82, 2.24) is 19.7 Å². The number of nitrogens with one attached hydrogen (secondary N) is 1. The Labute approximate surface area is 193 Å². The number of aldehydes is 1. The topological polar surface area (TPSA) is 118 Å². The van der Waals surface area contributed by atoms with Gasteiger partial charge in [-0.05, 0) is 12.1 Å². The van der Waals surface area contributed by atoms with Crippen molar-refractivity contribution in [3.63, 3.8) is 0 Å². The average Bonchev–Trinajstić information content (AvgIpc) is 3.59. The standard InChI is InChI=1S/C24H20N4O6/c1-31-10-16-13(21(9-29)32-2)3-18-23-15(8-28(18)24(16)30)22(12-6-25-26-7-12)14-4-19-20(34-11-33-19)5-17(14)27-23/h3-7,9,21H,8,10-11H2,1-2H3,(H,25,26). The SMILES string of the molecule is COCc1c(C(C=O)OC)cc2n(c1=O)Cc1c-2nc2cc3c(cc2c1-c1cn[nH]c1)OCO3. The zero-order valence-electron chi connectivity index (χ0n) is 18.5. The highest BCUT2D eigenvalue weighted by atomic mass is 16.7. The highest BCUT2D eigenvalue weighted by Gasteiger charge is 2.31. The quantitative estimate of drug-likeness (QED) is 0.384. The lowest BCUT2D eigenvalue weighted by molar-refractivity contribution is -0.116. The third-order valence-corrected chi connectivity index (χ3v) is 6.33. The summed E-state index contributed by atoms with van der Waals surface area (Å²) in [6.45, 7) is 0.529. The van der Waals surface area contributed by atoms with E-state index >= 15 is 0 Å². The van der Waals surface area contributed by atoms with Crippen LogP contribution in [0.3, 0.4) is 0 Å². The molecule has 0 bridgehead atoms. The minimum absolute atomic E-state index is 0.0594. The van der Waals surface area contributed by atoms with Crippen molar-refractivity contribution >= 4 is 17.2 Å². The molecule has 4 aromatic rings. The van der Waals surface area contributed by atoms with Crippen LogP contribution in [0.25, 0.3) is 33.4 Å². The first-order valence-electron chi connectivity index (χ1n) is 10.6. The van der Waals surface area contributed by atoms with Gasteiger partial charge in [0.2, 0.25) is 6.79 Å². The number of carbonyl (C=O) groups excluding carboxylic acids is 1. The Morgan fingerprint density at radius 3 is 2.76 bits per heavy atom. The molecule has 1 N–H and O–H groups in total. The normalized spacial score (nSPS) is 14.3. The Hall–Kier alpha value is -4.02. The van der Waals surface area contributed by atoms with Gasteiger partial charge in [-0.15, -0.1) is 0 Å². The van der Waals surface area contributed by atoms with E-state index < -0.39 is 6.10 Å². The molecule has 172 valence electrons. The molecule has 0 aliphatic carbocycles. The van der Waals surface area contributed by atoms with Crippen LogP contribution in [0.1, 0.15) is 22.8 Å². The highest BCUT2D eigenvalue weighted by Crippen LogP contribution is 2.45. The van der Waals surface area contributed by atoms with Crippen molar-refractivity contribution in [2.24, 2.45) is 0 Å². The van der Waals surface area contributed by atoms with Crippen LogP contribution >= 0.6 is 0 Å². The molecule has 0 fully saturated rings. The first kappa shape index (κ1) is 20.6. The summed E-state index contributed by atoms with van der Waals surface area (Å²) >= 11 is 0. The smallest absolute Gasteiger partial charge is 0.257 e. The van der Waals surface area contributed by atoms with Crippen molar-refractivity contribution in [2.75, 3.05) is 21.0 Å². The highest BCUT2D eigenvalue weighted by molar-refractivity contribution is 6.01. The Morgan fingerprint density at radius 1 is 1.24 bits per heavy atom. The molecule has 1 atom stereocenters. The fourth-order valence-electron chi connectivity index (χ4n) is 4.79. The van der Waals surface area contributed by atoms with Gasteiger partial charge < -0.3 is 28.3 Å². The third kappa shape index (κ3) is 2.89. The summed E-state index contributed by atoms with van der Waals surface area (Å²) in [6, 6.07) is 5.55. The van der Waals surface area contributed by atoms with E-state index in [9.17, 15) is 9.59 Å². The molecule has 2 aliphatic rings. The molecule has 3 aromatic heterocycles. The summed E-state index contributed by atoms with van der Waals surface area (Å²) in [5, 5.41) is 7.86. The van der Waals surface area contributed by atoms with Crippen LogP contribution in [-0.4, -0.2) is 47.0 Å². The van der Waals surface area contributed by atoms with Crippen LogP contribution in [-0.2, 0) is 27.4 Å². The first-order chi connectivity index (χ1) is 16.6. The van der Waals surface area contributed by atoms with Gasteiger partial charge in [0.25, 0.3) is 5.56 Å². The van der Waals surface area contributed by atoms with Crippen molar-refractivity contribution in [3.8, 4) is 34.0 Å². The van der Waals surface area contributed by atoms with E-state index in [1.54, 1.807) is 23.0 Å². The summed E-state index contributed by atoms with van der Waals surface area (Å²) < 4.78 is 23.4. The number of hydrogen-bond donors (Lipinski definition) is 1. The van der Waals surface area contributed by atoms with E-state index in [4.69, 9.17) is 23.9 Å². The molecular weight excluding hydrogens is 440 g/mol. The predicted octanol–water partition coefficient (Wildman–Crippen LogP) is 2.58. The number of aromatic nitrogens is 4. The van der Waals surface area contributed by atoms with E-state index in [1.807, 2.05) is 12.1 Å². The van der Waals surface area contributed by atoms with Gasteiger partial charge in [-0.25, -0.2) is 4.98 Å². The van der Waals surface area contributed by atoms with E-state index in [2.05, 4.69) is 10.2 Å². The van der Waals surface area contributed by atoms with Crippen LogP contribution in [0.15, 0.2) is 35.4 Å². The van der Waals surface area contributed by atoms with Gasteiger partial charge in [0, 0.05) is 59.7 Å². The van der Waals surface area contributed by atoms with Crippen molar-refractivity contribution in [1.29, 1.82) is 0 Å². The molecule has 0 spiro atoms. The Kier molecular flexibility index (Phi) is 4.71. The van der Waals surface area contributed by atoms with E-state index in [0.717, 1.165) is 22.1 Å². The average molecular weight is 460 g/mol.